The lowest BCUT2D eigenvalue weighted by molar-refractivity contribution is -0.115. The quantitative estimate of drug-likeness (QED) is 0.848. The first-order chi connectivity index (χ1) is 9.61. The van der Waals surface area contributed by atoms with Crippen molar-refractivity contribution < 1.29 is 4.79 Å². The lowest BCUT2D eigenvalue weighted by Crippen LogP contribution is -2.55. The van der Waals surface area contributed by atoms with Gasteiger partial charge in [-0.05, 0) is 25.2 Å². The van der Waals surface area contributed by atoms with Crippen LogP contribution < -0.4 is 15.5 Å². The van der Waals surface area contributed by atoms with Gasteiger partial charge in [0.1, 0.15) is 0 Å². The Morgan fingerprint density at radius 1 is 1.45 bits per heavy atom. The Bertz CT molecular complexity index is 522. The second-order valence-electron chi connectivity index (χ2n) is 5.50. The van der Waals surface area contributed by atoms with Crippen LogP contribution in [0.25, 0.3) is 0 Å². The molecule has 0 spiro atoms. The smallest absolute Gasteiger partial charge is 0.243 e. The monoisotopic (exact) mass is 338 g/mol. The number of hydrogen-bond donors (Lipinski definition) is 2. The molecule has 20 heavy (non-hydrogen) atoms. The second kappa shape index (κ2) is 5.71. The van der Waals surface area contributed by atoms with Crippen molar-refractivity contribution in [2.45, 2.75) is 6.04 Å². The summed E-state index contributed by atoms with van der Waals surface area (Å²) in [5, 5.41) is 6.46. The van der Waals surface area contributed by atoms with Gasteiger partial charge in [0.05, 0.1) is 17.9 Å². The molecular formula is C14H19BrN4O. The van der Waals surface area contributed by atoms with Gasteiger partial charge in [0.2, 0.25) is 5.91 Å². The van der Waals surface area contributed by atoms with Gasteiger partial charge < -0.3 is 20.4 Å². The van der Waals surface area contributed by atoms with Crippen molar-refractivity contribution >= 4 is 33.2 Å². The fourth-order valence-electron chi connectivity index (χ4n) is 2.86. The zero-order valence-electron chi connectivity index (χ0n) is 11.5. The molecule has 1 amide bonds. The van der Waals surface area contributed by atoms with E-state index in [1.54, 1.807) is 0 Å². The van der Waals surface area contributed by atoms with Gasteiger partial charge in [-0.2, -0.15) is 0 Å². The summed E-state index contributed by atoms with van der Waals surface area (Å²) in [6, 6.07) is 6.37. The van der Waals surface area contributed by atoms with Crippen LogP contribution in [0.4, 0.5) is 11.4 Å². The predicted octanol–water partition coefficient (Wildman–Crippen LogP) is 1.11. The Hall–Kier alpha value is -1.11. The van der Waals surface area contributed by atoms with Crippen LogP contribution in [0.3, 0.4) is 0 Å². The number of nitrogens with zero attached hydrogens (tertiary/aromatic N) is 2. The normalized spacial score (nSPS) is 23.4. The SMILES string of the molecule is CN1CCNC(CN2CC(=O)Nc3ccc(Br)cc32)C1. The maximum atomic E-state index is 11.8. The summed E-state index contributed by atoms with van der Waals surface area (Å²) in [5.41, 5.74) is 1.99. The van der Waals surface area contributed by atoms with E-state index in [1.165, 1.54) is 0 Å². The van der Waals surface area contributed by atoms with Gasteiger partial charge in [0, 0.05) is 36.7 Å². The van der Waals surface area contributed by atoms with Gasteiger partial charge in [0.15, 0.2) is 0 Å². The van der Waals surface area contributed by atoms with Crippen LogP contribution in [0.2, 0.25) is 0 Å². The molecule has 2 N–H and O–H groups in total. The zero-order valence-corrected chi connectivity index (χ0v) is 13.1. The third-order valence-corrected chi connectivity index (χ3v) is 4.30. The maximum absolute atomic E-state index is 11.8. The molecule has 1 unspecified atom stereocenters. The van der Waals surface area contributed by atoms with Crippen LogP contribution in [0.5, 0.6) is 0 Å². The first-order valence-corrected chi connectivity index (χ1v) is 7.67. The number of anilines is 2. The Labute approximate surface area is 127 Å². The van der Waals surface area contributed by atoms with Crippen LogP contribution in [0.1, 0.15) is 0 Å². The molecule has 0 bridgehead atoms. The number of benzene rings is 1. The molecular weight excluding hydrogens is 320 g/mol. The molecule has 1 saturated heterocycles. The first kappa shape index (κ1) is 13.9. The fraction of sp³-hybridized carbons (Fsp3) is 0.500. The molecule has 0 saturated carbocycles. The van der Waals surface area contributed by atoms with Crippen molar-refractivity contribution in [2.75, 3.05) is 50.0 Å². The van der Waals surface area contributed by atoms with Crippen molar-refractivity contribution in [3.8, 4) is 0 Å². The average molecular weight is 339 g/mol. The molecule has 1 aromatic rings. The Kier molecular flexibility index (Phi) is 3.96. The molecule has 0 radical (unpaired) electrons. The van der Waals surface area contributed by atoms with Gasteiger partial charge in [-0.3, -0.25) is 4.79 Å². The van der Waals surface area contributed by atoms with Gasteiger partial charge in [-0.1, -0.05) is 15.9 Å². The molecule has 2 aliphatic rings. The van der Waals surface area contributed by atoms with E-state index in [-0.39, 0.29) is 5.91 Å². The maximum Gasteiger partial charge on any atom is 0.243 e. The number of amides is 1. The van der Waals surface area contributed by atoms with E-state index in [9.17, 15) is 4.79 Å². The highest BCUT2D eigenvalue weighted by Gasteiger charge is 2.26. The van der Waals surface area contributed by atoms with E-state index in [1.807, 2.05) is 12.1 Å². The number of carbonyl (C=O) groups excluding carboxylic acids is 1. The summed E-state index contributed by atoms with van der Waals surface area (Å²) in [6.07, 6.45) is 0. The number of fused-ring (bicyclic) bond motifs is 1. The number of piperazine rings is 1. The minimum absolute atomic E-state index is 0.0592. The van der Waals surface area contributed by atoms with Crippen LogP contribution >= 0.6 is 15.9 Å². The Morgan fingerprint density at radius 3 is 3.10 bits per heavy atom. The standard InChI is InChI=1S/C14H19BrN4O/c1-18-5-4-16-11(7-18)8-19-9-14(20)17-12-3-2-10(15)6-13(12)19/h2-3,6,11,16H,4-5,7-9H2,1H3,(H,17,20). The van der Waals surface area contributed by atoms with Crippen LogP contribution in [-0.2, 0) is 4.79 Å². The Morgan fingerprint density at radius 2 is 2.30 bits per heavy atom. The summed E-state index contributed by atoms with van der Waals surface area (Å²) in [6.45, 7) is 4.37. The number of hydrogen-bond acceptors (Lipinski definition) is 4. The van der Waals surface area contributed by atoms with Gasteiger partial charge >= 0.3 is 0 Å². The second-order valence-corrected chi connectivity index (χ2v) is 6.42. The van der Waals surface area contributed by atoms with E-state index in [0.717, 1.165) is 42.0 Å². The lowest BCUT2D eigenvalue weighted by Gasteiger charge is -2.37. The van der Waals surface area contributed by atoms with E-state index < -0.39 is 0 Å². The van der Waals surface area contributed by atoms with Crippen molar-refractivity contribution in [1.29, 1.82) is 0 Å². The molecule has 108 valence electrons. The lowest BCUT2D eigenvalue weighted by atomic mass is 10.1. The fourth-order valence-corrected chi connectivity index (χ4v) is 3.21. The van der Waals surface area contributed by atoms with Gasteiger partial charge in [-0.25, -0.2) is 0 Å². The van der Waals surface area contributed by atoms with E-state index in [0.29, 0.717) is 12.6 Å². The number of halogens is 1. The largest absolute Gasteiger partial charge is 0.359 e. The summed E-state index contributed by atoms with van der Waals surface area (Å²) in [7, 11) is 2.14. The third kappa shape index (κ3) is 2.97. The number of rotatable bonds is 2. The highest BCUT2D eigenvalue weighted by atomic mass is 79.9. The number of nitrogens with one attached hydrogen (secondary N) is 2. The summed E-state index contributed by atoms with van der Waals surface area (Å²) < 4.78 is 1.03. The molecule has 6 heteroatoms. The molecule has 0 aromatic heterocycles. The average Bonchev–Trinajstić information content (AvgIpc) is 2.39. The minimum atomic E-state index is 0.0592. The third-order valence-electron chi connectivity index (χ3n) is 3.81. The first-order valence-electron chi connectivity index (χ1n) is 6.88. The van der Waals surface area contributed by atoms with Gasteiger partial charge in [0.25, 0.3) is 0 Å². The van der Waals surface area contributed by atoms with E-state index >= 15 is 0 Å². The van der Waals surface area contributed by atoms with Crippen molar-refractivity contribution in [3.05, 3.63) is 22.7 Å². The van der Waals surface area contributed by atoms with Gasteiger partial charge in [-0.15, -0.1) is 0 Å². The van der Waals surface area contributed by atoms with E-state index in [2.05, 4.69) is 49.5 Å². The Balaban J connectivity index is 1.79. The molecule has 5 nitrogen and oxygen atoms in total. The van der Waals surface area contributed by atoms with Crippen molar-refractivity contribution in [1.82, 2.24) is 10.2 Å². The highest BCUT2D eigenvalue weighted by molar-refractivity contribution is 9.10. The molecule has 1 fully saturated rings. The molecule has 3 rings (SSSR count). The summed E-state index contributed by atoms with van der Waals surface area (Å²) in [5.74, 6) is 0.0592. The molecule has 0 aliphatic carbocycles. The predicted molar refractivity (Wildman–Crippen MR) is 84.3 cm³/mol. The van der Waals surface area contributed by atoms with Crippen molar-refractivity contribution in [3.63, 3.8) is 0 Å². The highest BCUT2D eigenvalue weighted by Crippen LogP contribution is 2.32. The topological polar surface area (TPSA) is 47.6 Å². The van der Waals surface area contributed by atoms with Crippen LogP contribution in [0.15, 0.2) is 22.7 Å². The zero-order chi connectivity index (χ0) is 14.1. The summed E-state index contributed by atoms with van der Waals surface area (Å²) >= 11 is 3.50. The molecule has 1 atom stereocenters. The summed E-state index contributed by atoms with van der Waals surface area (Å²) in [4.78, 5) is 16.3. The molecule has 2 heterocycles. The number of likely N-dealkylation sites (N-methyl/N-ethyl adjacent to an activating group) is 1. The van der Waals surface area contributed by atoms with Crippen LogP contribution in [-0.4, -0.2) is 56.6 Å². The van der Waals surface area contributed by atoms with Crippen molar-refractivity contribution in [2.24, 2.45) is 0 Å². The van der Waals surface area contributed by atoms with E-state index in [4.69, 9.17) is 0 Å². The molecule has 2 aliphatic heterocycles. The minimum Gasteiger partial charge on any atom is -0.359 e. The molecule has 1 aromatic carbocycles. The van der Waals surface area contributed by atoms with Crippen LogP contribution in [0, 0.1) is 0 Å². The number of carbonyl (C=O) groups is 1.